The van der Waals surface area contributed by atoms with Crippen molar-refractivity contribution in [3.63, 3.8) is 0 Å². The summed E-state index contributed by atoms with van der Waals surface area (Å²) in [5.41, 5.74) is 3.09. The van der Waals surface area contributed by atoms with E-state index in [9.17, 15) is 18.8 Å². The smallest absolute Gasteiger partial charge is 0.255 e. The summed E-state index contributed by atoms with van der Waals surface area (Å²) < 4.78 is 14.5. The van der Waals surface area contributed by atoms with E-state index in [1.807, 2.05) is 19.3 Å². The van der Waals surface area contributed by atoms with E-state index in [-0.39, 0.29) is 30.7 Å². The van der Waals surface area contributed by atoms with E-state index in [1.54, 1.807) is 6.07 Å². The maximum absolute atomic E-state index is 14.5. The topological polar surface area (TPSA) is 95.5 Å². The summed E-state index contributed by atoms with van der Waals surface area (Å²) in [4.78, 5) is 49.2. The first-order valence-electron chi connectivity index (χ1n) is 11.4. The van der Waals surface area contributed by atoms with Crippen LogP contribution in [0.25, 0.3) is 0 Å². The van der Waals surface area contributed by atoms with Crippen LogP contribution in [0.3, 0.4) is 0 Å². The molecule has 8 nitrogen and oxygen atoms in total. The fraction of sp³-hybridized carbons (Fsp3) is 0.458. The van der Waals surface area contributed by atoms with Crippen molar-refractivity contribution in [1.29, 1.82) is 0 Å². The first-order chi connectivity index (χ1) is 15.9. The molecule has 0 saturated carbocycles. The van der Waals surface area contributed by atoms with Crippen LogP contribution in [0.5, 0.6) is 0 Å². The zero-order valence-electron chi connectivity index (χ0n) is 18.5. The van der Waals surface area contributed by atoms with Crippen molar-refractivity contribution in [2.45, 2.75) is 57.7 Å². The summed E-state index contributed by atoms with van der Waals surface area (Å²) in [5.74, 6) is -0.648. The number of hydrogen-bond acceptors (Lipinski definition) is 6. The second-order valence-electron chi connectivity index (χ2n) is 9.11. The molecule has 3 aliphatic heterocycles. The van der Waals surface area contributed by atoms with Crippen molar-refractivity contribution < 1.29 is 18.8 Å². The Balaban J connectivity index is 1.31. The van der Waals surface area contributed by atoms with Gasteiger partial charge in [0.05, 0.1) is 0 Å². The van der Waals surface area contributed by atoms with Crippen molar-refractivity contribution >= 4 is 17.7 Å². The summed E-state index contributed by atoms with van der Waals surface area (Å²) in [5, 5.41) is 2.31. The minimum absolute atomic E-state index is 0.148. The number of rotatable bonds is 4. The quantitative estimate of drug-likeness (QED) is 0.715. The van der Waals surface area contributed by atoms with Gasteiger partial charge in [-0.05, 0) is 68.5 Å². The maximum Gasteiger partial charge on any atom is 0.255 e. The Hall–Kier alpha value is -3.20. The van der Waals surface area contributed by atoms with Gasteiger partial charge >= 0.3 is 0 Å². The third-order valence-corrected chi connectivity index (χ3v) is 6.92. The van der Waals surface area contributed by atoms with Gasteiger partial charge < -0.3 is 4.90 Å². The summed E-state index contributed by atoms with van der Waals surface area (Å²) in [7, 11) is 0. The molecule has 1 unspecified atom stereocenters. The Kier molecular flexibility index (Phi) is 5.65. The van der Waals surface area contributed by atoms with Gasteiger partial charge in [0.2, 0.25) is 11.8 Å². The molecule has 1 atom stereocenters. The van der Waals surface area contributed by atoms with Gasteiger partial charge in [0, 0.05) is 43.0 Å². The van der Waals surface area contributed by atoms with Crippen LogP contribution in [-0.2, 0) is 22.7 Å². The van der Waals surface area contributed by atoms with E-state index >= 15 is 0 Å². The van der Waals surface area contributed by atoms with Crippen LogP contribution in [0, 0.1) is 12.7 Å². The molecular formula is C24H26FN5O3. The van der Waals surface area contributed by atoms with Gasteiger partial charge in [-0.25, -0.2) is 14.4 Å². The molecule has 1 N–H and O–H groups in total. The molecule has 0 radical (unpaired) electrons. The molecule has 1 aromatic heterocycles. The lowest BCUT2D eigenvalue weighted by Gasteiger charge is -2.33. The van der Waals surface area contributed by atoms with Crippen LogP contribution < -0.4 is 5.32 Å². The third kappa shape index (κ3) is 4.25. The zero-order chi connectivity index (χ0) is 23.1. The highest BCUT2D eigenvalue weighted by Crippen LogP contribution is 2.37. The van der Waals surface area contributed by atoms with E-state index in [4.69, 9.17) is 0 Å². The number of halogens is 1. The van der Waals surface area contributed by atoms with E-state index < -0.39 is 17.8 Å². The number of amides is 3. The first kappa shape index (κ1) is 21.6. The van der Waals surface area contributed by atoms with E-state index in [0.717, 1.165) is 55.0 Å². The fourth-order valence-electron chi connectivity index (χ4n) is 5.18. The lowest BCUT2D eigenvalue weighted by Crippen LogP contribution is -2.52. The van der Waals surface area contributed by atoms with Gasteiger partial charge in [-0.15, -0.1) is 0 Å². The Morgan fingerprint density at radius 2 is 1.82 bits per heavy atom. The molecule has 33 heavy (non-hydrogen) atoms. The number of hydrogen-bond donors (Lipinski definition) is 1. The number of aromatic nitrogens is 2. The van der Waals surface area contributed by atoms with Crippen molar-refractivity contribution in [2.24, 2.45) is 0 Å². The molecule has 4 heterocycles. The van der Waals surface area contributed by atoms with Gasteiger partial charge in [0.15, 0.2) is 0 Å². The molecule has 3 aliphatic rings. The molecule has 2 saturated heterocycles. The van der Waals surface area contributed by atoms with E-state index in [1.165, 1.54) is 11.0 Å². The van der Waals surface area contributed by atoms with Crippen molar-refractivity contribution in [2.75, 3.05) is 13.1 Å². The normalized spacial score (nSPS) is 21.9. The number of nitrogens with one attached hydrogen (secondary N) is 1. The zero-order valence-corrected chi connectivity index (χ0v) is 18.5. The lowest BCUT2D eigenvalue weighted by atomic mass is 9.85. The molecule has 3 amide bonds. The molecule has 0 aliphatic carbocycles. The average Bonchev–Trinajstić information content (AvgIpc) is 3.11. The van der Waals surface area contributed by atoms with Crippen LogP contribution in [0.2, 0.25) is 0 Å². The highest BCUT2D eigenvalue weighted by atomic mass is 19.1. The molecule has 9 heteroatoms. The van der Waals surface area contributed by atoms with Crippen molar-refractivity contribution in [1.82, 2.24) is 25.1 Å². The Labute approximate surface area is 191 Å². The average molecular weight is 452 g/mol. The second kappa shape index (κ2) is 8.62. The van der Waals surface area contributed by atoms with Crippen LogP contribution in [0.4, 0.5) is 4.39 Å². The van der Waals surface area contributed by atoms with Gasteiger partial charge in [-0.2, -0.15) is 0 Å². The monoisotopic (exact) mass is 451 g/mol. The van der Waals surface area contributed by atoms with Crippen LogP contribution >= 0.6 is 0 Å². The molecule has 2 aromatic rings. The summed E-state index contributed by atoms with van der Waals surface area (Å²) in [6, 6.07) is 2.13. The number of piperidine rings is 2. The summed E-state index contributed by atoms with van der Waals surface area (Å²) in [6.45, 7) is 4.62. The largest absolute Gasteiger partial charge is 0.322 e. The van der Waals surface area contributed by atoms with E-state index in [2.05, 4.69) is 20.2 Å². The van der Waals surface area contributed by atoms with Crippen LogP contribution in [-0.4, -0.2) is 56.6 Å². The summed E-state index contributed by atoms with van der Waals surface area (Å²) in [6.07, 6.45) is 5.90. The standard InChI is InChI=1S/C24H26FN5O3/c1-14-26-10-15(11-27-14)12-29-6-4-16(5-7-29)18-8-17(25)9-19-20(18)13-30(24(19)33)21-2-3-22(31)28-23(21)32/h8-11,16,21H,2-7,12-13H2,1H3,(H,28,31,32). The number of likely N-dealkylation sites (tertiary alicyclic amines) is 1. The Morgan fingerprint density at radius 3 is 2.52 bits per heavy atom. The van der Waals surface area contributed by atoms with Gasteiger partial charge in [-0.3, -0.25) is 24.6 Å². The number of carbonyl (C=O) groups excluding carboxylic acids is 3. The molecule has 172 valence electrons. The number of nitrogens with zero attached hydrogens (tertiary/aromatic N) is 4. The number of fused-ring (bicyclic) bond motifs is 1. The predicted molar refractivity (Wildman–Crippen MR) is 116 cm³/mol. The fourth-order valence-corrected chi connectivity index (χ4v) is 5.18. The highest BCUT2D eigenvalue weighted by molar-refractivity contribution is 6.05. The lowest BCUT2D eigenvalue weighted by molar-refractivity contribution is -0.136. The van der Waals surface area contributed by atoms with Gasteiger partial charge in [0.1, 0.15) is 17.7 Å². The van der Waals surface area contributed by atoms with Crippen molar-refractivity contribution in [3.05, 3.63) is 58.4 Å². The third-order valence-electron chi connectivity index (χ3n) is 6.92. The molecule has 2 fully saturated rings. The first-order valence-corrected chi connectivity index (χ1v) is 11.4. The highest BCUT2D eigenvalue weighted by Gasteiger charge is 2.41. The number of carbonyl (C=O) groups is 3. The minimum Gasteiger partial charge on any atom is -0.322 e. The number of benzene rings is 1. The van der Waals surface area contributed by atoms with Gasteiger partial charge in [0.25, 0.3) is 5.91 Å². The minimum atomic E-state index is -0.697. The molecular weight excluding hydrogens is 425 g/mol. The Morgan fingerprint density at radius 1 is 1.09 bits per heavy atom. The van der Waals surface area contributed by atoms with Crippen LogP contribution in [0.1, 0.15) is 64.5 Å². The van der Waals surface area contributed by atoms with Crippen molar-refractivity contribution in [3.8, 4) is 0 Å². The summed E-state index contributed by atoms with van der Waals surface area (Å²) >= 11 is 0. The maximum atomic E-state index is 14.5. The molecule has 5 rings (SSSR count). The van der Waals surface area contributed by atoms with Gasteiger partial charge in [-0.1, -0.05) is 0 Å². The molecule has 0 spiro atoms. The number of aryl methyl sites for hydroxylation is 1. The Bertz CT molecular complexity index is 1110. The molecule has 1 aromatic carbocycles. The van der Waals surface area contributed by atoms with E-state index in [0.29, 0.717) is 12.0 Å². The second-order valence-corrected chi connectivity index (χ2v) is 9.11. The predicted octanol–water partition coefficient (Wildman–Crippen LogP) is 2.06. The molecule has 0 bridgehead atoms. The van der Waals surface area contributed by atoms with Crippen LogP contribution in [0.15, 0.2) is 24.5 Å². The number of imide groups is 1. The SMILES string of the molecule is Cc1ncc(CN2CCC(c3cc(F)cc4c3CN(C3CCC(=O)NC3=O)C4=O)CC2)cn1.